The first-order valence-corrected chi connectivity index (χ1v) is 11.0. The molecule has 0 saturated carbocycles. The van der Waals surface area contributed by atoms with Crippen molar-refractivity contribution < 1.29 is 29.3 Å². The highest BCUT2D eigenvalue weighted by atomic mass is 16.5. The number of aliphatic carboxylic acids is 1. The Morgan fingerprint density at radius 3 is 2.06 bits per heavy atom. The Labute approximate surface area is 193 Å². The van der Waals surface area contributed by atoms with Crippen molar-refractivity contribution in [2.24, 2.45) is 11.8 Å². The minimum absolute atomic E-state index is 0.0455. The van der Waals surface area contributed by atoms with Gasteiger partial charge in [-0.05, 0) is 34.6 Å². The van der Waals surface area contributed by atoms with Crippen LogP contribution in [0.5, 0.6) is 0 Å². The maximum absolute atomic E-state index is 12.5. The molecule has 0 aliphatic heterocycles. The zero-order valence-corrected chi connectivity index (χ0v) is 18.8. The van der Waals surface area contributed by atoms with Gasteiger partial charge in [0.05, 0.1) is 12.5 Å². The van der Waals surface area contributed by atoms with E-state index in [2.05, 4.69) is 22.8 Å². The quantitative estimate of drug-likeness (QED) is 0.438. The van der Waals surface area contributed by atoms with Gasteiger partial charge in [-0.2, -0.15) is 0 Å². The number of aliphatic hydroxyl groups excluding tert-OH is 1. The van der Waals surface area contributed by atoms with Crippen LogP contribution in [0.4, 0.5) is 4.79 Å². The molecule has 1 unspecified atom stereocenters. The standard InChI is InChI=1S/C25H30N2O6/c1-15(2)11-16(23(29)26-13-22(28)24(30)31)12-27-25(32)33-14-21-19-9-5-3-7-17(19)18-8-4-6-10-20(18)21/h3-10,15-16,21-22,28H,11-14H2,1-2H3,(H,26,29)(H,27,32)(H,30,31)/t16?,22-/m0/s1. The summed E-state index contributed by atoms with van der Waals surface area (Å²) in [5.74, 6) is -2.30. The maximum Gasteiger partial charge on any atom is 0.407 e. The highest BCUT2D eigenvalue weighted by Gasteiger charge is 2.29. The molecule has 0 heterocycles. The summed E-state index contributed by atoms with van der Waals surface area (Å²) in [6.07, 6.45) is -1.81. The van der Waals surface area contributed by atoms with Gasteiger partial charge in [0.1, 0.15) is 6.61 Å². The molecule has 0 aromatic heterocycles. The summed E-state index contributed by atoms with van der Waals surface area (Å²) in [5.41, 5.74) is 4.50. The second-order valence-corrected chi connectivity index (χ2v) is 8.63. The van der Waals surface area contributed by atoms with Crippen LogP contribution in [-0.4, -0.2) is 54.0 Å². The molecule has 0 fully saturated rings. The topological polar surface area (TPSA) is 125 Å². The average molecular weight is 455 g/mol. The third-order valence-electron chi connectivity index (χ3n) is 5.72. The van der Waals surface area contributed by atoms with Crippen LogP contribution in [0.15, 0.2) is 48.5 Å². The third kappa shape index (κ3) is 6.10. The number of carbonyl (C=O) groups excluding carboxylic acids is 2. The normalized spacial score (nSPS) is 14.2. The lowest BCUT2D eigenvalue weighted by atomic mass is 9.96. The second kappa shape index (κ2) is 11.0. The predicted molar refractivity (Wildman–Crippen MR) is 123 cm³/mol. The van der Waals surface area contributed by atoms with E-state index in [-0.39, 0.29) is 25.0 Å². The first kappa shape index (κ1) is 24.3. The van der Waals surface area contributed by atoms with Crippen molar-refractivity contribution in [3.05, 3.63) is 59.7 Å². The van der Waals surface area contributed by atoms with Crippen molar-refractivity contribution in [2.75, 3.05) is 19.7 Å². The Hall–Kier alpha value is -3.39. The van der Waals surface area contributed by atoms with Crippen molar-refractivity contribution in [1.29, 1.82) is 0 Å². The minimum atomic E-state index is -1.68. The number of carboxylic acids is 1. The molecule has 1 aliphatic carbocycles. The summed E-state index contributed by atoms with van der Waals surface area (Å²) in [6, 6.07) is 16.1. The summed E-state index contributed by atoms with van der Waals surface area (Å²) in [5, 5.41) is 23.2. The number of hydrogen-bond acceptors (Lipinski definition) is 5. The van der Waals surface area contributed by atoms with Crippen LogP contribution >= 0.6 is 0 Å². The van der Waals surface area contributed by atoms with Crippen molar-refractivity contribution in [3.63, 3.8) is 0 Å². The molecule has 0 spiro atoms. The zero-order valence-electron chi connectivity index (χ0n) is 18.8. The molecule has 2 aromatic rings. The Bertz CT molecular complexity index is 960. The largest absolute Gasteiger partial charge is 0.479 e. The number of ether oxygens (including phenoxy) is 1. The fourth-order valence-electron chi connectivity index (χ4n) is 4.14. The monoisotopic (exact) mass is 454 g/mol. The Morgan fingerprint density at radius 2 is 1.52 bits per heavy atom. The SMILES string of the molecule is CC(C)CC(CNC(=O)OCC1c2ccccc2-c2ccccc21)C(=O)NC[C@H](O)C(=O)O. The number of hydrogen-bond donors (Lipinski definition) is 4. The van der Waals surface area contributed by atoms with Crippen molar-refractivity contribution in [2.45, 2.75) is 32.3 Å². The number of aliphatic hydroxyl groups is 1. The molecular formula is C25H30N2O6. The maximum atomic E-state index is 12.5. The summed E-state index contributed by atoms with van der Waals surface area (Å²) >= 11 is 0. The average Bonchev–Trinajstić information content (AvgIpc) is 3.12. The van der Waals surface area contributed by atoms with Crippen LogP contribution in [0.2, 0.25) is 0 Å². The van der Waals surface area contributed by atoms with Crippen LogP contribution in [0.1, 0.15) is 37.3 Å². The molecule has 3 rings (SSSR count). The van der Waals surface area contributed by atoms with Crippen molar-refractivity contribution in [3.8, 4) is 11.1 Å². The van der Waals surface area contributed by atoms with Gasteiger partial charge >= 0.3 is 12.1 Å². The fourth-order valence-corrected chi connectivity index (χ4v) is 4.14. The molecule has 2 aromatic carbocycles. The van der Waals surface area contributed by atoms with E-state index in [1.165, 1.54) is 0 Å². The molecule has 1 aliphatic rings. The molecule has 8 nitrogen and oxygen atoms in total. The summed E-state index contributed by atoms with van der Waals surface area (Å²) in [6.45, 7) is 3.71. The van der Waals surface area contributed by atoms with Crippen molar-refractivity contribution >= 4 is 18.0 Å². The van der Waals surface area contributed by atoms with Gasteiger partial charge in [-0.25, -0.2) is 9.59 Å². The number of benzene rings is 2. The minimum Gasteiger partial charge on any atom is -0.479 e. The van der Waals surface area contributed by atoms with Crippen LogP contribution in [0, 0.1) is 11.8 Å². The number of amides is 2. The van der Waals surface area contributed by atoms with Gasteiger partial charge in [0.15, 0.2) is 6.10 Å². The summed E-state index contributed by atoms with van der Waals surface area (Å²) in [4.78, 5) is 35.6. The Kier molecular flexibility index (Phi) is 8.06. The van der Waals surface area contributed by atoms with E-state index < -0.39 is 36.5 Å². The van der Waals surface area contributed by atoms with E-state index >= 15 is 0 Å². The molecule has 0 bridgehead atoms. The van der Waals surface area contributed by atoms with E-state index in [1.807, 2.05) is 50.2 Å². The molecule has 2 atom stereocenters. The first-order chi connectivity index (χ1) is 15.8. The smallest absolute Gasteiger partial charge is 0.407 e. The fraction of sp³-hybridized carbons (Fsp3) is 0.400. The molecule has 0 radical (unpaired) electrons. The number of alkyl carbamates (subject to hydrolysis) is 1. The lowest BCUT2D eigenvalue weighted by Crippen LogP contribution is -2.43. The van der Waals surface area contributed by atoms with Crippen LogP contribution < -0.4 is 10.6 Å². The second-order valence-electron chi connectivity index (χ2n) is 8.63. The molecule has 8 heteroatoms. The van der Waals surface area contributed by atoms with Gasteiger partial charge in [-0.3, -0.25) is 4.79 Å². The molecule has 2 amide bonds. The summed E-state index contributed by atoms with van der Waals surface area (Å²) in [7, 11) is 0. The van der Waals surface area contributed by atoms with Gasteiger partial charge in [0, 0.05) is 12.5 Å². The lowest BCUT2D eigenvalue weighted by molar-refractivity contribution is -0.146. The third-order valence-corrected chi connectivity index (χ3v) is 5.72. The van der Waals surface area contributed by atoms with E-state index in [9.17, 15) is 19.5 Å². The number of carboxylic acid groups (broad SMARTS) is 1. The number of fused-ring (bicyclic) bond motifs is 3. The van der Waals surface area contributed by atoms with Crippen molar-refractivity contribution in [1.82, 2.24) is 10.6 Å². The van der Waals surface area contributed by atoms with Gasteiger partial charge < -0.3 is 25.6 Å². The molecule has 176 valence electrons. The Balaban J connectivity index is 1.56. The van der Waals surface area contributed by atoms with Crippen LogP contribution in [0.25, 0.3) is 11.1 Å². The molecule has 0 saturated heterocycles. The zero-order chi connectivity index (χ0) is 24.0. The first-order valence-electron chi connectivity index (χ1n) is 11.0. The molecular weight excluding hydrogens is 424 g/mol. The van der Waals surface area contributed by atoms with Crippen LogP contribution in [-0.2, 0) is 14.3 Å². The Morgan fingerprint density at radius 1 is 0.939 bits per heavy atom. The van der Waals surface area contributed by atoms with Gasteiger partial charge in [-0.15, -0.1) is 0 Å². The predicted octanol–water partition coefficient (Wildman–Crippen LogP) is 2.75. The van der Waals surface area contributed by atoms with Crippen LogP contribution in [0.3, 0.4) is 0 Å². The highest BCUT2D eigenvalue weighted by molar-refractivity contribution is 5.81. The molecule has 33 heavy (non-hydrogen) atoms. The van der Waals surface area contributed by atoms with E-state index in [0.717, 1.165) is 22.3 Å². The van der Waals surface area contributed by atoms with E-state index in [1.54, 1.807) is 0 Å². The lowest BCUT2D eigenvalue weighted by Gasteiger charge is -2.20. The molecule has 4 N–H and O–H groups in total. The van der Waals surface area contributed by atoms with E-state index in [0.29, 0.717) is 6.42 Å². The van der Waals surface area contributed by atoms with Gasteiger partial charge in [0.25, 0.3) is 0 Å². The van der Waals surface area contributed by atoms with E-state index in [4.69, 9.17) is 9.84 Å². The highest BCUT2D eigenvalue weighted by Crippen LogP contribution is 2.44. The summed E-state index contributed by atoms with van der Waals surface area (Å²) < 4.78 is 5.50. The number of carbonyl (C=O) groups is 3. The number of rotatable bonds is 10. The van der Waals surface area contributed by atoms with Gasteiger partial charge in [0.2, 0.25) is 5.91 Å². The van der Waals surface area contributed by atoms with Gasteiger partial charge in [-0.1, -0.05) is 62.4 Å². The number of nitrogens with one attached hydrogen (secondary N) is 2.